The molecule has 0 bridgehead atoms. The molecule has 1 aromatic carbocycles. The van der Waals surface area contributed by atoms with Gasteiger partial charge in [0.2, 0.25) is 11.7 Å². The first-order valence-corrected chi connectivity index (χ1v) is 10.6. The van der Waals surface area contributed by atoms with E-state index in [0.29, 0.717) is 17.3 Å². The number of nitrogens with zero attached hydrogens (tertiary/aromatic N) is 3. The van der Waals surface area contributed by atoms with E-state index in [0.717, 1.165) is 23.4 Å². The van der Waals surface area contributed by atoms with Crippen LogP contribution in [-0.4, -0.2) is 57.2 Å². The molecule has 2 atom stereocenters. The number of hydrogen-bond donors (Lipinski definition) is 3. The summed E-state index contributed by atoms with van der Waals surface area (Å²) in [7, 11) is 1.43. The highest BCUT2D eigenvalue weighted by Crippen LogP contribution is 2.39. The van der Waals surface area contributed by atoms with Gasteiger partial charge in [0.25, 0.3) is 5.89 Å². The number of aliphatic hydroxyl groups excluding tert-OH is 2. The van der Waals surface area contributed by atoms with Gasteiger partial charge in [-0.15, -0.1) is 0 Å². The zero-order valence-corrected chi connectivity index (χ0v) is 19.2. The van der Waals surface area contributed by atoms with Crippen LogP contribution in [0.4, 0.5) is 0 Å². The highest BCUT2D eigenvalue weighted by Gasteiger charge is 2.21. The molecule has 0 saturated carbocycles. The van der Waals surface area contributed by atoms with Gasteiger partial charge in [0, 0.05) is 28.9 Å². The number of halogens is 1. The molecule has 0 aliphatic heterocycles. The summed E-state index contributed by atoms with van der Waals surface area (Å²) >= 11 is 6.38. The molecular formula is C22H25ClN4O6. The molecule has 176 valence electrons. The van der Waals surface area contributed by atoms with Gasteiger partial charge in [-0.25, -0.2) is 0 Å². The molecule has 1 unspecified atom stereocenters. The molecule has 0 fully saturated rings. The number of carbonyl (C=O) groups is 1. The minimum absolute atomic E-state index is 0.177. The predicted octanol–water partition coefficient (Wildman–Crippen LogP) is 2.31. The summed E-state index contributed by atoms with van der Waals surface area (Å²) in [5, 5.41) is 23.7. The number of ether oxygens (including phenoxy) is 2. The van der Waals surface area contributed by atoms with Crippen molar-refractivity contribution in [1.29, 1.82) is 0 Å². The van der Waals surface area contributed by atoms with Crippen LogP contribution >= 0.6 is 11.6 Å². The topological polar surface area (TPSA) is 154 Å². The van der Waals surface area contributed by atoms with Crippen LogP contribution in [0.15, 0.2) is 28.8 Å². The van der Waals surface area contributed by atoms with Crippen molar-refractivity contribution < 1.29 is 29.0 Å². The van der Waals surface area contributed by atoms with Gasteiger partial charge in [-0.05, 0) is 37.6 Å². The van der Waals surface area contributed by atoms with Crippen LogP contribution in [-0.2, 0) is 11.2 Å². The molecule has 4 N–H and O–H groups in total. The number of aliphatic hydroxyl groups is 2. The average molecular weight is 477 g/mol. The summed E-state index contributed by atoms with van der Waals surface area (Å²) < 4.78 is 16.4. The molecule has 3 aromatic rings. The van der Waals surface area contributed by atoms with Gasteiger partial charge in [0.05, 0.1) is 18.2 Å². The van der Waals surface area contributed by atoms with Crippen molar-refractivity contribution in [3.8, 4) is 34.3 Å². The van der Waals surface area contributed by atoms with Gasteiger partial charge in [-0.1, -0.05) is 23.7 Å². The maximum Gasteiger partial charge on any atom is 0.258 e. The van der Waals surface area contributed by atoms with E-state index in [2.05, 4.69) is 15.1 Å². The summed E-state index contributed by atoms with van der Waals surface area (Å²) in [6.07, 6.45) is -2.12. The van der Waals surface area contributed by atoms with Crippen molar-refractivity contribution in [2.45, 2.75) is 38.9 Å². The fraction of sp³-hybridized carbons (Fsp3) is 0.364. The Bertz CT molecular complexity index is 1140. The normalized spacial score (nSPS) is 12.9. The van der Waals surface area contributed by atoms with Crippen molar-refractivity contribution in [2.75, 3.05) is 13.7 Å². The van der Waals surface area contributed by atoms with Gasteiger partial charge in [-0.3, -0.25) is 9.78 Å². The molecule has 2 heterocycles. The molecule has 11 heteroatoms. The van der Waals surface area contributed by atoms with Crippen molar-refractivity contribution in [3.63, 3.8) is 0 Å². The van der Waals surface area contributed by atoms with Crippen LogP contribution in [0, 0.1) is 6.92 Å². The van der Waals surface area contributed by atoms with E-state index in [1.165, 1.54) is 7.11 Å². The van der Waals surface area contributed by atoms with Crippen LogP contribution in [0.5, 0.6) is 11.5 Å². The number of primary amides is 1. The molecule has 33 heavy (non-hydrogen) atoms. The fourth-order valence-electron chi connectivity index (χ4n) is 3.11. The lowest BCUT2D eigenvalue weighted by molar-refractivity contribution is -0.127. The zero-order valence-electron chi connectivity index (χ0n) is 18.4. The Kier molecular flexibility index (Phi) is 7.85. The fourth-order valence-corrected chi connectivity index (χ4v) is 3.38. The van der Waals surface area contributed by atoms with Crippen molar-refractivity contribution >= 4 is 17.5 Å². The first-order chi connectivity index (χ1) is 15.7. The second-order valence-corrected chi connectivity index (χ2v) is 7.78. The van der Waals surface area contributed by atoms with Crippen molar-refractivity contribution in [3.05, 3.63) is 40.7 Å². The number of pyridine rings is 1. The Morgan fingerprint density at radius 3 is 2.64 bits per heavy atom. The van der Waals surface area contributed by atoms with Gasteiger partial charge in [0.1, 0.15) is 12.7 Å². The number of carbonyl (C=O) groups excluding carboxylic acids is 1. The number of rotatable bonds is 10. The van der Waals surface area contributed by atoms with E-state index < -0.39 is 18.1 Å². The second kappa shape index (κ2) is 10.6. The van der Waals surface area contributed by atoms with E-state index in [9.17, 15) is 15.0 Å². The number of benzene rings is 1. The number of amides is 1. The smallest absolute Gasteiger partial charge is 0.258 e. The lowest BCUT2D eigenvalue weighted by Crippen LogP contribution is -2.33. The van der Waals surface area contributed by atoms with E-state index in [1.54, 1.807) is 12.1 Å². The number of hydrogen-bond acceptors (Lipinski definition) is 9. The number of nitrogens with two attached hydrogens (primary N) is 1. The van der Waals surface area contributed by atoms with Crippen molar-refractivity contribution in [1.82, 2.24) is 15.1 Å². The molecular weight excluding hydrogens is 452 g/mol. The Morgan fingerprint density at radius 2 is 1.97 bits per heavy atom. The highest BCUT2D eigenvalue weighted by molar-refractivity contribution is 6.32. The summed E-state index contributed by atoms with van der Waals surface area (Å²) in [6.45, 7) is 3.67. The third kappa shape index (κ3) is 5.98. The van der Waals surface area contributed by atoms with Crippen LogP contribution in [0.25, 0.3) is 22.8 Å². The van der Waals surface area contributed by atoms with E-state index >= 15 is 0 Å². The first-order valence-electron chi connectivity index (χ1n) is 10.2. The maximum atomic E-state index is 10.9. The van der Waals surface area contributed by atoms with E-state index in [-0.39, 0.29) is 29.5 Å². The predicted molar refractivity (Wildman–Crippen MR) is 120 cm³/mol. The molecule has 2 aromatic heterocycles. The summed E-state index contributed by atoms with van der Waals surface area (Å²) in [4.78, 5) is 19.8. The molecule has 0 aliphatic rings. The monoisotopic (exact) mass is 476 g/mol. The lowest BCUT2D eigenvalue weighted by atomic mass is 10.1. The van der Waals surface area contributed by atoms with E-state index in [1.807, 2.05) is 26.0 Å². The molecule has 0 radical (unpaired) electrons. The van der Waals surface area contributed by atoms with Gasteiger partial charge in [-0.2, -0.15) is 4.98 Å². The molecule has 0 spiro atoms. The second-order valence-electron chi connectivity index (χ2n) is 7.37. The van der Waals surface area contributed by atoms with Gasteiger partial charge in [0.15, 0.2) is 11.5 Å². The van der Waals surface area contributed by atoms with Crippen LogP contribution in [0.1, 0.15) is 24.7 Å². The summed E-state index contributed by atoms with van der Waals surface area (Å²) in [5.74, 6) is 0.170. The van der Waals surface area contributed by atoms with E-state index in [4.69, 9.17) is 31.3 Å². The Labute approximate surface area is 195 Å². The SMILES string of the molecule is CCc1cc(-c2nc(-c3cc(Cl)c(OC[C@@H](O)CC(O)C(N)=O)c(OC)c3)no2)cc(C)n1. The maximum absolute atomic E-state index is 10.9. The Morgan fingerprint density at radius 1 is 1.21 bits per heavy atom. The average Bonchev–Trinajstić information content (AvgIpc) is 3.27. The molecule has 0 saturated heterocycles. The van der Waals surface area contributed by atoms with Crippen molar-refractivity contribution in [2.24, 2.45) is 5.73 Å². The molecule has 10 nitrogen and oxygen atoms in total. The zero-order chi connectivity index (χ0) is 24.1. The first kappa shape index (κ1) is 24.4. The largest absolute Gasteiger partial charge is 0.493 e. The molecule has 1 amide bonds. The Hall–Kier alpha value is -3.21. The minimum atomic E-state index is -1.48. The number of aromatic nitrogens is 3. The summed E-state index contributed by atoms with van der Waals surface area (Å²) in [6, 6.07) is 6.96. The minimum Gasteiger partial charge on any atom is -0.493 e. The third-order valence-corrected chi connectivity index (χ3v) is 5.05. The van der Waals surface area contributed by atoms with Crippen LogP contribution in [0.3, 0.4) is 0 Å². The van der Waals surface area contributed by atoms with Gasteiger partial charge >= 0.3 is 0 Å². The van der Waals surface area contributed by atoms with Crippen LogP contribution in [0.2, 0.25) is 5.02 Å². The van der Waals surface area contributed by atoms with Gasteiger partial charge < -0.3 is 29.9 Å². The number of methoxy groups -OCH3 is 1. The molecule has 3 rings (SSSR count). The highest BCUT2D eigenvalue weighted by atomic mass is 35.5. The van der Waals surface area contributed by atoms with Crippen LogP contribution < -0.4 is 15.2 Å². The molecule has 0 aliphatic carbocycles. The third-order valence-electron chi connectivity index (χ3n) is 4.77. The number of aryl methyl sites for hydroxylation is 2. The summed E-state index contributed by atoms with van der Waals surface area (Å²) in [5.41, 5.74) is 8.05. The quantitative estimate of drug-likeness (QED) is 0.399. The lowest BCUT2D eigenvalue weighted by Gasteiger charge is -2.17. The standard InChI is InChI=1S/C22H25ClN4O6/c1-4-14-6-13(5-11(2)25-14)22-26-21(27-33-22)12-7-16(23)19(18(8-12)31-3)32-10-15(28)9-17(29)20(24)30/h5-8,15,17,28-29H,4,9-10H2,1-3H3,(H2,24,30)/t15-,17?/m0/s1. The Balaban J connectivity index is 1.81.